The molecule has 0 fully saturated rings. The van der Waals surface area contributed by atoms with Crippen molar-refractivity contribution in [1.82, 2.24) is 4.90 Å². The number of halogens is 2. The summed E-state index contributed by atoms with van der Waals surface area (Å²) in [4.78, 5) is 13.4. The number of carbonyl (C=O) groups is 1. The second kappa shape index (κ2) is 6.12. The number of anilines is 1. The summed E-state index contributed by atoms with van der Waals surface area (Å²) < 4.78 is 0. The fourth-order valence-corrected chi connectivity index (χ4v) is 1.69. The zero-order chi connectivity index (χ0) is 13.0. The molecule has 0 aromatic heterocycles. The van der Waals surface area contributed by atoms with Crippen LogP contribution in [0.15, 0.2) is 18.2 Å². The minimum absolute atomic E-state index is 0.0195. The van der Waals surface area contributed by atoms with Crippen molar-refractivity contribution in [3.8, 4) is 0 Å². The summed E-state index contributed by atoms with van der Waals surface area (Å²) in [5, 5.41) is 4.08. The van der Waals surface area contributed by atoms with Crippen molar-refractivity contribution in [2.75, 3.05) is 18.9 Å². The van der Waals surface area contributed by atoms with Crippen LogP contribution in [-0.2, 0) is 4.79 Å². The van der Waals surface area contributed by atoms with Gasteiger partial charge in [-0.2, -0.15) is 0 Å². The monoisotopic (exact) mass is 274 g/mol. The summed E-state index contributed by atoms with van der Waals surface area (Å²) in [5.74, 6) is 0.0195. The highest BCUT2D eigenvalue weighted by Gasteiger charge is 2.11. The second-order valence-electron chi connectivity index (χ2n) is 4.08. The lowest BCUT2D eigenvalue weighted by molar-refractivity contribution is -0.129. The molecule has 0 aliphatic rings. The van der Waals surface area contributed by atoms with E-state index in [0.717, 1.165) is 0 Å². The smallest absolute Gasteiger partial charge is 0.241 e. The average molecular weight is 275 g/mol. The zero-order valence-electron chi connectivity index (χ0n) is 10.1. The van der Waals surface area contributed by atoms with Gasteiger partial charge in [0.1, 0.15) is 0 Å². The van der Waals surface area contributed by atoms with Crippen LogP contribution < -0.4 is 5.32 Å². The SMILES string of the molecule is CC(C)N(C)C(=O)CNc1ccc(Cl)cc1Cl. The molecule has 0 spiro atoms. The van der Waals surface area contributed by atoms with Crippen molar-refractivity contribution in [3.63, 3.8) is 0 Å². The molecule has 0 heterocycles. The molecule has 1 aromatic carbocycles. The van der Waals surface area contributed by atoms with Crippen molar-refractivity contribution >= 4 is 34.8 Å². The normalized spacial score (nSPS) is 10.5. The molecule has 1 N–H and O–H groups in total. The van der Waals surface area contributed by atoms with Gasteiger partial charge < -0.3 is 10.2 Å². The van der Waals surface area contributed by atoms with E-state index in [2.05, 4.69) is 5.32 Å². The fourth-order valence-electron chi connectivity index (χ4n) is 1.22. The maximum atomic E-state index is 11.7. The van der Waals surface area contributed by atoms with E-state index in [1.807, 2.05) is 13.8 Å². The fraction of sp³-hybridized carbons (Fsp3) is 0.417. The molecule has 0 unspecified atom stereocenters. The van der Waals surface area contributed by atoms with Crippen molar-refractivity contribution in [2.24, 2.45) is 0 Å². The summed E-state index contributed by atoms with van der Waals surface area (Å²) in [6.07, 6.45) is 0. The Hall–Kier alpha value is -0.930. The number of nitrogens with one attached hydrogen (secondary N) is 1. The van der Waals surface area contributed by atoms with Gasteiger partial charge in [-0.05, 0) is 32.0 Å². The van der Waals surface area contributed by atoms with Gasteiger partial charge in [0.15, 0.2) is 0 Å². The highest BCUT2D eigenvalue weighted by Crippen LogP contribution is 2.25. The van der Waals surface area contributed by atoms with Crippen LogP contribution in [0.25, 0.3) is 0 Å². The van der Waals surface area contributed by atoms with E-state index in [4.69, 9.17) is 23.2 Å². The van der Waals surface area contributed by atoms with Crippen LogP contribution in [0.2, 0.25) is 10.0 Å². The highest BCUT2D eigenvalue weighted by atomic mass is 35.5. The number of nitrogens with zero attached hydrogens (tertiary/aromatic N) is 1. The first kappa shape index (κ1) is 14.1. The lowest BCUT2D eigenvalue weighted by Crippen LogP contribution is -2.37. The molecule has 0 saturated carbocycles. The van der Waals surface area contributed by atoms with Crippen LogP contribution in [0.5, 0.6) is 0 Å². The van der Waals surface area contributed by atoms with Crippen LogP contribution in [0.3, 0.4) is 0 Å². The standard InChI is InChI=1S/C12H16Cl2N2O/c1-8(2)16(3)12(17)7-15-11-5-4-9(13)6-10(11)14/h4-6,8,15H,7H2,1-3H3. The molecule has 0 atom stereocenters. The third kappa shape index (κ3) is 4.10. The van der Waals surface area contributed by atoms with Gasteiger partial charge in [0.25, 0.3) is 0 Å². The first-order valence-corrected chi connectivity index (χ1v) is 6.12. The van der Waals surface area contributed by atoms with E-state index in [9.17, 15) is 4.79 Å². The predicted molar refractivity (Wildman–Crippen MR) is 72.9 cm³/mol. The Bertz CT molecular complexity index is 407. The Kier molecular flexibility index (Phi) is 5.09. The number of hydrogen-bond acceptors (Lipinski definition) is 2. The van der Waals surface area contributed by atoms with Gasteiger partial charge in [-0.25, -0.2) is 0 Å². The molecule has 0 radical (unpaired) electrons. The van der Waals surface area contributed by atoms with E-state index in [1.165, 1.54) is 0 Å². The number of amides is 1. The van der Waals surface area contributed by atoms with Crippen molar-refractivity contribution in [2.45, 2.75) is 19.9 Å². The summed E-state index contributed by atoms with van der Waals surface area (Å²) in [6.45, 7) is 4.15. The quantitative estimate of drug-likeness (QED) is 0.914. The maximum absolute atomic E-state index is 11.7. The van der Waals surface area contributed by atoms with E-state index < -0.39 is 0 Å². The summed E-state index contributed by atoms with van der Waals surface area (Å²) in [5.41, 5.74) is 0.710. The van der Waals surface area contributed by atoms with E-state index >= 15 is 0 Å². The van der Waals surface area contributed by atoms with E-state index in [1.54, 1.807) is 30.1 Å². The second-order valence-corrected chi connectivity index (χ2v) is 4.92. The summed E-state index contributed by atoms with van der Waals surface area (Å²) in [6, 6.07) is 5.31. The lowest BCUT2D eigenvalue weighted by atomic mass is 10.3. The first-order chi connectivity index (χ1) is 7.91. The maximum Gasteiger partial charge on any atom is 0.241 e. The largest absolute Gasteiger partial charge is 0.375 e. The molecule has 1 rings (SSSR count). The van der Waals surface area contributed by atoms with Gasteiger partial charge in [-0.15, -0.1) is 0 Å². The molecule has 5 heteroatoms. The van der Waals surface area contributed by atoms with Crippen molar-refractivity contribution < 1.29 is 4.79 Å². The Labute approximate surface area is 112 Å². The van der Waals surface area contributed by atoms with Crippen LogP contribution in [0.4, 0.5) is 5.69 Å². The molecule has 1 amide bonds. The summed E-state index contributed by atoms with van der Waals surface area (Å²) >= 11 is 11.8. The minimum atomic E-state index is 0.0195. The van der Waals surface area contributed by atoms with Gasteiger partial charge in [-0.3, -0.25) is 4.79 Å². The van der Waals surface area contributed by atoms with Crippen LogP contribution in [0, 0.1) is 0 Å². The van der Waals surface area contributed by atoms with Crippen molar-refractivity contribution in [1.29, 1.82) is 0 Å². The molecular weight excluding hydrogens is 259 g/mol. The predicted octanol–water partition coefficient (Wildman–Crippen LogP) is 3.27. The molecule has 17 heavy (non-hydrogen) atoms. The van der Waals surface area contributed by atoms with Gasteiger partial charge in [-0.1, -0.05) is 23.2 Å². The molecule has 3 nitrogen and oxygen atoms in total. The molecule has 94 valence electrons. The van der Waals surface area contributed by atoms with E-state index in [-0.39, 0.29) is 18.5 Å². The van der Waals surface area contributed by atoms with Gasteiger partial charge in [0, 0.05) is 18.1 Å². The van der Waals surface area contributed by atoms with Gasteiger partial charge in [0.05, 0.1) is 17.3 Å². The Morgan fingerprint density at radius 2 is 2.06 bits per heavy atom. The van der Waals surface area contributed by atoms with Gasteiger partial charge >= 0.3 is 0 Å². The number of rotatable bonds is 4. The highest BCUT2D eigenvalue weighted by molar-refractivity contribution is 6.36. The molecule has 0 aliphatic heterocycles. The Morgan fingerprint density at radius 3 is 2.59 bits per heavy atom. The number of benzene rings is 1. The van der Waals surface area contributed by atoms with Crippen LogP contribution in [-0.4, -0.2) is 30.4 Å². The van der Waals surface area contributed by atoms with Crippen LogP contribution >= 0.6 is 23.2 Å². The minimum Gasteiger partial charge on any atom is -0.375 e. The van der Waals surface area contributed by atoms with Crippen LogP contribution in [0.1, 0.15) is 13.8 Å². The molecule has 0 aliphatic carbocycles. The van der Waals surface area contributed by atoms with Gasteiger partial charge in [0.2, 0.25) is 5.91 Å². The van der Waals surface area contributed by atoms with E-state index in [0.29, 0.717) is 15.7 Å². The first-order valence-electron chi connectivity index (χ1n) is 5.36. The molecule has 0 saturated heterocycles. The number of carbonyl (C=O) groups excluding carboxylic acids is 1. The molecule has 0 bridgehead atoms. The number of hydrogen-bond donors (Lipinski definition) is 1. The molecule has 1 aromatic rings. The lowest BCUT2D eigenvalue weighted by Gasteiger charge is -2.22. The molecular formula is C12H16Cl2N2O. The average Bonchev–Trinajstić information content (AvgIpc) is 2.26. The third-order valence-electron chi connectivity index (χ3n) is 2.53. The Balaban J connectivity index is 2.59. The Morgan fingerprint density at radius 1 is 1.41 bits per heavy atom. The third-order valence-corrected chi connectivity index (χ3v) is 3.08. The van der Waals surface area contributed by atoms with Crippen molar-refractivity contribution in [3.05, 3.63) is 28.2 Å². The summed E-state index contributed by atoms with van der Waals surface area (Å²) in [7, 11) is 1.78. The topological polar surface area (TPSA) is 32.3 Å². The zero-order valence-corrected chi connectivity index (χ0v) is 11.6. The number of likely N-dealkylation sites (N-methyl/N-ethyl adjacent to an activating group) is 1.